The number of benzene rings is 2. The largest absolute Gasteiger partial charge is 0.343 e. The van der Waals surface area contributed by atoms with E-state index in [-0.39, 0.29) is 23.1 Å². The predicted molar refractivity (Wildman–Crippen MR) is 122 cm³/mol. The van der Waals surface area contributed by atoms with Gasteiger partial charge < -0.3 is 10.2 Å². The van der Waals surface area contributed by atoms with Crippen molar-refractivity contribution in [3.63, 3.8) is 0 Å². The minimum atomic E-state index is -3.81. The van der Waals surface area contributed by atoms with E-state index in [1.54, 1.807) is 18.2 Å². The molecule has 2 aromatic rings. The van der Waals surface area contributed by atoms with E-state index in [2.05, 4.69) is 10.0 Å². The van der Waals surface area contributed by atoms with Crippen molar-refractivity contribution in [2.45, 2.75) is 36.0 Å². The summed E-state index contributed by atoms with van der Waals surface area (Å²) in [5.74, 6) is -0.211. The molecule has 1 saturated heterocycles. The lowest BCUT2D eigenvalue weighted by atomic mass is 10.1. The monoisotopic (exact) mass is 459 g/mol. The van der Waals surface area contributed by atoms with Gasteiger partial charge in [0.15, 0.2) is 0 Å². The number of likely N-dealkylation sites (tertiary alicyclic amines) is 1. The third-order valence-electron chi connectivity index (χ3n) is 5.60. The van der Waals surface area contributed by atoms with Gasteiger partial charge in [0.05, 0.1) is 22.2 Å². The molecule has 2 N–H and O–H groups in total. The number of nitrogens with zero attached hydrogens (tertiary/aromatic N) is 1. The summed E-state index contributed by atoms with van der Waals surface area (Å²) in [6.07, 6.45) is 2.19. The Morgan fingerprint density at radius 1 is 1.19 bits per heavy atom. The zero-order valence-corrected chi connectivity index (χ0v) is 18.9. The van der Waals surface area contributed by atoms with Crippen molar-refractivity contribution in [3.05, 3.63) is 48.0 Å². The van der Waals surface area contributed by atoms with Crippen LogP contribution < -0.4 is 10.0 Å². The van der Waals surface area contributed by atoms with Crippen LogP contribution in [0.3, 0.4) is 0 Å². The molecule has 1 atom stereocenters. The van der Waals surface area contributed by atoms with Gasteiger partial charge >= 0.3 is 0 Å². The van der Waals surface area contributed by atoms with E-state index in [0.717, 1.165) is 36.4 Å². The molecule has 0 aromatic heterocycles. The highest BCUT2D eigenvalue weighted by molar-refractivity contribution is 7.99. The number of hydrogen-bond donors (Lipinski definition) is 2. The van der Waals surface area contributed by atoms with Gasteiger partial charge in [0.25, 0.3) is 10.0 Å². The minimum Gasteiger partial charge on any atom is -0.343 e. The van der Waals surface area contributed by atoms with Gasteiger partial charge in [-0.2, -0.15) is 0 Å². The van der Waals surface area contributed by atoms with Crippen molar-refractivity contribution in [1.29, 1.82) is 0 Å². The van der Waals surface area contributed by atoms with Crippen LogP contribution in [-0.2, 0) is 19.6 Å². The van der Waals surface area contributed by atoms with Crippen LogP contribution in [0.25, 0.3) is 0 Å². The molecule has 0 bridgehead atoms. The topological polar surface area (TPSA) is 95.6 Å². The van der Waals surface area contributed by atoms with E-state index in [9.17, 15) is 18.0 Å². The van der Waals surface area contributed by atoms with E-state index in [1.165, 1.54) is 23.9 Å². The number of aryl methyl sites for hydroxylation is 1. The van der Waals surface area contributed by atoms with Crippen LogP contribution >= 0.6 is 11.8 Å². The van der Waals surface area contributed by atoms with Crippen molar-refractivity contribution < 1.29 is 18.0 Å². The van der Waals surface area contributed by atoms with Crippen molar-refractivity contribution in [3.8, 4) is 0 Å². The van der Waals surface area contributed by atoms with E-state index in [0.29, 0.717) is 17.1 Å². The highest BCUT2D eigenvalue weighted by Crippen LogP contribution is 2.35. The molecule has 2 aliphatic heterocycles. The predicted octanol–water partition coefficient (Wildman–Crippen LogP) is 3.47. The Labute approximate surface area is 186 Å². The maximum atomic E-state index is 12.9. The number of thioether (sulfide) groups is 1. The van der Waals surface area contributed by atoms with Crippen LogP contribution in [-0.4, -0.2) is 44.0 Å². The molecule has 9 heteroatoms. The van der Waals surface area contributed by atoms with E-state index in [1.807, 2.05) is 24.0 Å². The van der Waals surface area contributed by atoms with Crippen molar-refractivity contribution >= 4 is 45.0 Å². The zero-order chi connectivity index (χ0) is 22.0. The molecule has 31 heavy (non-hydrogen) atoms. The third kappa shape index (κ3) is 4.88. The Hall–Kier alpha value is -2.52. The third-order valence-corrected chi connectivity index (χ3v) is 8.20. The molecular weight excluding hydrogens is 434 g/mol. The number of fused-ring (bicyclic) bond motifs is 1. The molecule has 0 aliphatic carbocycles. The number of para-hydroxylation sites is 1. The highest BCUT2D eigenvalue weighted by Gasteiger charge is 2.30. The summed E-state index contributed by atoms with van der Waals surface area (Å²) >= 11 is 1.46. The molecule has 0 radical (unpaired) electrons. The lowest BCUT2D eigenvalue weighted by molar-refractivity contribution is -0.133. The highest BCUT2D eigenvalue weighted by atomic mass is 32.2. The van der Waals surface area contributed by atoms with Gasteiger partial charge in [-0.25, -0.2) is 8.42 Å². The van der Waals surface area contributed by atoms with Crippen LogP contribution in [0.2, 0.25) is 0 Å². The second kappa shape index (κ2) is 8.92. The average molecular weight is 460 g/mol. The number of anilines is 2. The summed E-state index contributed by atoms with van der Waals surface area (Å²) in [7, 11) is -3.81. The first-order chi connectivity index (χ1) is 14.8. The Morgan fingerprint density at radius 2 is 1.94 bits per heavy atom. The summed E-state index contributed by atoms with van der Waals surface area (Å²) in [6, 6.07) is 11.9. The van der Waals surface area contributed by atoms with Gasteiger partial charge in [-0.3, -0.25) is 14.3 Å². The van der Waals surface area contributed by atoms with Gasteiger partial charge in [-0.05, 0) is 49.6 Å². The van der Waals surface area contributed by atoms with Crippen LogP contribution in [0.15, 0.2) is 52.3 Å². The maximum Gasteiger partial charge on any atom is 0.261 e. The quantitative estimate of drug-likeness (QED) is 0.714. The summed E-state index contributed by atoms with van der Waals surface area (Å²) in [5, 5.41) is 2.83. The Morgan fingerprint density at radius 3 is 2.68 bits per heavy atom. The maximum absolute atomic E-state index is 12.9. The molecule has 1 fully saturated rings. The van der Waals surface area contributed by atoms with Crippen LogP contribution in [0.1, 0.15) is 24.8 Å². The molecule has 2 aromatic carbocycles. The smallest absolute Gasteiger partial charge is 0.261 e. The molecule has 4 rings (SSSR count). The van der Waals surface area contributed by atoms with Crippen LogP contribution in [0, 0.1) is 12.8 Å². The first kappa shape index (κ1) is 21.7. The molecule has 0 saturated carbocycles. The number of carbonyl (C=O) groups is 2. The fourth-order valence-corrected chi connectivity index (χ4v) is 5.99. The number of amides is 2. The lowest BCUT2D eigenvalue weighted by Crippen LogP contribution is -2.33. The van der Waals surface area contributed by atoms with Gasteiger partial charge in [-0.1, -0.05) is 18.2 Å². The molecule has 2 amide bonds. The second-order valence-electron chi connectivity index (χ2n) is 7.87. The normalized spacial score (nSPS) is 18.8. The first-order valence-corrected chi connectivity index (χ1v) is 12.7. The Balaban J connectivity index is 1.50. The minimum absolute atomic E-state index is 0.00917. The zero-order valence-electron chi connectivity index (χ0n) is 17.3. The SMILES string of the molecule is Cc1ccccc1NS(=O)(=O)c1ccc2c(c1)NC(=O)C(CC(=O)N1CCCC1)CS2. The number of rotatable bonds is 5. The van der Waals surface area contributed by atoms with Crippen molar-refractivity contribution in [2.24, 2.45) is 5.92 Å². The average Bonchev–Trinajstić information content (AvgIpc) is 3.23. The molecule has 2 heterocycles. The molecule has 0 spiro atoms. The van der Waals surface area contributed by atoms with E-state index < -0.39 is 15.9 Å². The summed E-state index contributed by atoms with van der Waals surface area (Å²) in [6.45, 7) is 3.35. The number of nitrogens with one attached hydrogen (secondary N) is 2. The van der Waals surface area contributed by atoms with E-state index >= 15 is 0 Å². The fourth-order valence-electron chi connectivity index (χ4n) is 3.75. The molecule has 1 unspecified atom stereocenters. The fraction of sp³-hybridized carbons (Fsp3) is 0.364. The van der Waals surface area contributed by atoms with Gasteiger partial charge in [-0.15, -0.1) is 11.8 Å². The number of carbonyl (C=O) groups excluding carboxylic acids is 2. The first-order valence-electron chi connectivity index (χ1n) is 10.3. The van der Waals surface area contributed by atoms with Crippen molar-refractivity contribution in [2.75, 3.05) is 28.9 Å². The van der Waals surface area contributed by atoms with Crippen LogP contribution in [0.4, 0.5) is 11.4 Å². The number of hydrogen-bond acceptors (Lipinski definition) is 5. The lowest BCUT2D eigenvalue weighted by Gasteiger charge is -2.18. The Kier molecular flexibility index (Phi) is 6.24. The van der Waals surface area contributed by atoms with Gasteiger partial charge in [0.2, 0.25) is 11.8 Å². The van der Waals surface area contributed by atoms with Gasteiger partial charge in [0, 0.05) is 30.2 Å². The molecular formula is C22H25N3O4S2. The Bertz CT molecular complexity index is 1110. The number of sulfonamides is 1. The summed E-state index contributed by atoms with van der Waals surface area (Å²) in [5.41, 5.74) is 1.78. The summed E-state index contributed by atoms with van der Waals surface area (Å²) < 4.78 is 28.4. The standard InChI is InChI=1S/C22H25N3O4S2/c1-15-6-2-3-7-18(15)24-31(28,29)17-8-9-20-19(13-17)23-22(27)16(14-30-20)12-21(26)25-10-4-5-11-25/h2-3,6-9,13,16,24H,4-5,10-12,14H2,1H3,(H,23,27). The second-order valence-corrected chi connectivity index (χ2v) is 10.6. The molecule has 164 valence electrons. The molecule has 7 nitrogen and oxygen atoms in total. The van der Waals surface area contributed by atoms with Crippen molar-refractivity contribution in [1.82, 2.24) is 4.90 Å². The van der Waals surface area contributed by atoms with Gasteiger partial charge in [0.1, 0.15) is 0 Å². The molecule has 2 aliphatic rings. The van der Waals surface area contributed by atoms with E-state index in [4.69, 9.17) is 0 Å². The van der Waals surface area contributed by atoms with Crippen LogP contribution in [0.5, 0.6) is 0 Å². The summed E-state index contributed by atoms with van der Waals surface area (Å²) in [4.78, 5) is 27.9.